The highest BCUT2D eigenvalue weighted by molar-refractivity contribution is 6.37. The van der Waals surface area contributed by atoms with Gasteiger partial charge in [0.1, 0.15) is 29.0 Å². The van der Waals surface area contributed by atoms with Gasteiger partial charge in [0.05, 0.1) is 77.4 Å². The molecule has 0 atom stereocenters. The van der Waals surface area contributed by atoms with Gasteiger partial charge in [-0.1, -0.05) is 106 Å². The first-order chi connectivity index (χ1) is 51.1. The molecule has 33 heteroatoms. The molecule has 14 N–H and O–H groups in total. The molecule has 112 heavy (non-hydrogen) atoms. The van der Waals surface area contributed by atoms with E-state index < -0.39 is 90.3 Å². The number of fused-ring (bicyclic) bond motifs is 6. The molecule has 12 aromatic rings. The van der Waals surface area contributed by atoms with Gasteiger partial charge in [0.15, 0.2) is 80.4 Å². The van der Waals surface area contributed by atoms with E-state index in [1.165, 1.54) is 48.1 Å². The number of nitrogens with zero attached hydrogens (tertiary/aromatic N) is 8. The number of hydrogen-bond acceptors (Lipinski definition) is 21. The topological polar surface area (TPSA) is 457 Å². The number of phenols is 10. The van der Waals surface area contributed by atoms with E-state index >= 15 is 0 Å². The molecule has 0 unspecified atom stereocenters. The third-order valence-corrected chi connectivity index (χ3v) is 18.7. The van der Waals surface area contributed by atoms with Crippen molar-refractivity contribution in [2.75, 3.05) is 0 Å². The Morgan fingerprint density at radius 2 is 0.946 bits per heavy atom. The molecule has 0 saturated heterocycles. The zero-order valence-electron chi connectivity index (χ0n) is 66.0. The minimum absolute atomic E-state index is 0.000934. The predicted molar refractivity (Wildman–Crippen MR) is 427 cm³/mol. The smallest absolute Gasteiger partial charge is 0.331 e. The van der Waals surface area contributed by atoms with Crippen LogP contribution in [0.25, 0.3) is 65.4 Å². The van der Waals surface area contributed by atoms with Gasteiger partial charge in [-0.25, -0.2) is 23.5 Å². The highest BCUT2D eigenvalue weighted by Crippen LogP contribution is 2.41. The lowest BCUT2D eigenvalue weighted by Crippen LogP contribution is -2.47. The van der Waals surface area contributed by atoms with Gasteiger partial charge in [-0.15, -0.1) is 0 Å². The summed E-state index contributed by atoms with van der Waals surface area (Å²) in [6, 6.07) is 9.78. The number of halogens is 3. The molecule has 0 bridgehead atoms. The van der Waals surface area contributed by atoms with E-state index in [1.807, 2.05) is 90.0 Å². The summed E-state index contributed by atoms with van der Waals surface area (Å²) in [5.41, 5.74) is -2.50. The van der Waals surface area contributed by atoms with Crippen LogP contribution in [0, 0.1) is 5.82 Å². The van der Waals surface area contributed by atoms with E-state index in [4.69, 9.17) is 23.2 Å². The quantitative estimate of drug-likeness (QED) is 0.0412. The van der Waals surface area contributed by atoms with Crippen molar-refractivity contribution >= 4 is 88.6 Å². The van der Waals surface area contributed by atoms with Crippen molar-refractivity contribution in [3.8, 4) is 63.2 Å². The number of aromatic hydroxyl groups is 11. The molecule has 0 fully saturated rings. The van der Waals surface area contributed by atoms with Gasteiger partial charge in [-0.2, -0.15) is 4.73 Å². The maximum atomic E-state index is 14.2. The van der Waals surface area contributed by atoms with Crippen LogP contribution >= 0.6 is 23.2 Å². The Bertz CT molecular complexity index is 6330. The predicted octanol–water partition coefficient (Wildman–Crippen LogP) is 10.8. The molecule has 12 rings (SSSR count). The lowest BCUT2D eigenvalue weighted by atomic mass is 9.86. The molecule has 600 valence electrons. The second kappa shape index (κ2) is 31.1. The summed E-state index contributed by atoms with van der Waals surface area (Å²) in [6.45, 7) is 35.9. The molecule has 0 saturated carbocycles. The van der Waals surface area contributed by atoms with Gasteiger partial charge in [0, 0.05) is 91.0 Å². The van der Waals surface area contributed by atoms with Crippen molar-refractivity contribution in [2.24, 2.45) is 21.1 Å². The molecular weight excluding hydrogens is 1500 g/mol. The van der Waals surface area contributed by atoms with Crippen molar-refractivity contribution in [2.45, 2.75) is 171 Å². The minimum Gasteiger partial charge on any atom is -0.506 e. The highest BCUT2D eigenvalue weighted by atomic mass is 35.5. The number of benzene rings is 5. The number of nitrogens with one attached hydrogen (secondary N) is 2. The van der Waals surface area contributed by atoms with E-state index in [1.54, 1.807) is 87.9 Å². The van der Waals surface area contributed by atoms with Crippen molar-refractivity contribution in [3.63, 3.8) is 0 Å². The van der Waals surface area contributed by atoms with Crippen molar-refractivity contribution < 1.29 is 70.3 Å². The van der Waals surface area contributed by atoms with Crippen LogP contribution in [-0.2, 0) is 60.4 Å². The lowest BCUT2D eigenvalue weighted by Gasteiger charge is -2.23. The normalized spacial score (nSPS) is 12.0. The van der Waals surface area contributed by atoms with E-state index in [9.17, 15) is 104 Å². The molecule has 7 aromatic heterocycles. The summed E-state index contributed by atoms with van der Waals surface area (Å²) < 4.78 is 23.2. The number of phenolic OH excluding ortho intramolecular Hbond substituents is 10. The molecule has 7 heterocycles. The molecule has 0 radical (unpaired) electrons. The summed E-state index contributed by atoms with van der Waals surface area (Å²) in [5, 5.41) is 115. The Kier molecular flexibility index (Phi) is 24.2. The van der Waals surface area contributed by atoms with Crippen LogP contribution in [0.5, 0.6) is 63.2 Å². The van der Waals surface area contributed by atoms with Crippen LogP contribution in [0.2, 0.25) is 10.0 Å². The second-order valence-electron chi connectivity index (χ2n) is 32.8. The molecule has 5 aromatic carbocycles. The Hall–Kier alpha value is -12.0. The molecule has 0 spiro atoms. The Morgan fingerprint density at radius 1 is 0.482 bits per heavy atom. The lowest BCUT2D eigenvalue weighted by molar-refractivity contribution is -0.645. The Labute approximate surface area is 648 Å². The van der Waals surface area contributed by atoms with E-state index in [-0.39, 0.29) is 110 Å². The molecule has 0 aliphatic rings. The largest absolute Gasteiger partial charge is 0.506 e. The van der Waals surface area contributed by atoms with Crippen LogP contribution in [0.3, 0.4) is 0 Å². The maximum absolute atomic E-state index is 14.2. The number of aryl methyl sites for hydroxylation is 4. The molecular formula is C79H94Cl2FN10O20+. The fourth-order valence-corrected chi connectivity index (χ4v) is 12.4. The SMILES string of the molecule is CC(C)(C)c1nc2cc(O)c(O)cc2c(=O)[nH]1.CC(C)(C)n1c(=O)[nH]c2cc(O)c(O)cc2c1=O.CCn1cc(C(C)(C)C)c(=O)c2c(F)c(O)c(O)cc21.C[n+]1cc(C(C)(C)C)c(O)c2cn(O)c(=O)cc21.Cn1c(=O)n(C(C)(C)C)c(=O)c2c(Cl)c(O)c(O)cc21.Cn1cc(C(C)(C)C)c(=O)c2c(Cl)c(O)c(O)cc21. The summed E-state index contributed by atoms with van der Waals surface area (Å²) in [6.07, 6.45) is 6.46. The van der Waals surface area contributed by atoms with Crippen molar-refractivity contribution in [1.29, 1.82) is 0 Å². The van der Waals surface area contributed by atoms with Crippen molar-refractivity contribution in [1.82, 2.24) is 42.5 Å². The highest BCUT2D eigenvalue weighted by Gasteiger charge is 2.30. The summed E-state index contributed by atoms with van der Waals surface area (Å²) in [7, 11) is 5.04. The van der Waals surface area contributed by atoms with Gasteiger partial charge in [-0.3, -0.25) is 42.5 Å². The molecule has 0 aliphatic heterocycles. The van der Waals surface area contributed by atoms with Gasteiger partial charge in [0.2, 0.25) is 5.52 Å². The van der Waals surface area contributed by atoms with Gasteiger partial charge >= 0.3 is 11.4 Å². The van der Waals surface area contributed by atoms with Crippen LogP contribution in [-0.4, -0.2) is 104 Å². The number of aromatic nitrogens is 10. The second-order valence-corrected chi connectivity index (χ2v) is 33.6. The van der Waals surface area contributed by atoms with Gasteiger partial charge in [-0.05, 0) is 76.8 Å². The first-order valence-corrected chi connectivity index (χ1v) is 35.4. The monoisotopic (exact) mass is 1590 g/mol. The van der Waals surface area contributed by atoms with E-state index in [0.717, 1.165) is 32.9 Å². The van der Waals surface area contributed by atoms with E-state index in [2.05, 4.69) is 15.0 Å². The summed E-state index contributed by atoms with van der Waals surface area (Å²) >= 11 is 12.0. The van der Waals surface area contributed by atoms with Gasteiger partial charge in [0.25, 0.3) is 22.2 Å². The Morgan fingerprint density at radius 3 is 1.46 bits per heavy atom. The summed E-state index contributed by atoms with van der Waals surface area (Å²) in [4.78, 5) is 107. The first kappa shape index (κ1) is 87.2. The summed E-state index contributed by atoms with van der Waals surface area (Å²) in [5.74, 6) is -5.13. The number of H-pyrrole nitrogens is 2. The van der Waals surface area contributed by atoms with Crippen LogP contribution in [0.4, 0.5) is 4.39 Å². The maximum Gasteiger partial charge on any atom is 0.331 e. The standard InChI is InChI=1S/C15H18FNO3.C14H16ClNO3.C13H15ClN2O4.C13H16N2O3.C12H14N2O4.C12H14N2O3/c1-5-17-7-8(15(2,3)4)13(19)11-9(17)6-10(18)14(20)12(11)16;1-14(2,3)7-6-16(4)8-5-9(17)13(19)11(15)10(8)12(7)18;1-13(2,3)16-11(19)8-6(15(4)12(16)20)5-7(17)10(18)9(8)14;1-13(2,3)9-7-14(4)10-5-11(16)15(18)6-8(10)12(9)17;1-12(2,3)14-10(17)6-4-8(15)9(16)5-7(6)13-11(14)18;1-12(2,3)11-13-7-5-9(16)8(15)4-6(7)10(17)14-11/h6-7,18,20H,5H2,1-4H3;5-6,17,19H,1-4H3;5,17-18H,1-4H3;5-7,18H,1-4H3;4-5,15-16H,1-3H3,(H,13,18);4-5,15-16H,1-3H3,(H,13,14,17)/p+1. The average molecular weight is 1590 g/mol. The fraction of sp³-hybridized carbons (Fsp3) is 0.367. The first-order valence-electron chi connectivity index (χ1n) is 34.7. The Balaban J connectivity index is 0.000000187. The third-order valence-electron chi connectivity index (χ3n) is 17.9. The zero-order chi connectivity index (χ0) is 85.3. The number of hydrogen-bond donors (Lipinski definition) is 14. The minimum atomic E-state index is -1.07. The third kappa shape index (κ3) is 17.4. The number of rotatable bonds is 1. The van der Waals surface area contributed by atoms with Crippen LogP contribution in [0.15, 0.2) is 112 Å². The molecule has 0 aliphatic carbocycles. The number of pyridine rings is 4. The average Bonchev–Trinajstić information content (AvgIpc) is 0.756. The van der Waals surface area contributed by atoms with Crippen molar-refractivity contribution in [3.05, 3.63) is 195 Å². The molecule has 0 amide bonds. The zero-order valence-corrected chi connectivity index (χ0v) is 67.5. The number of aromatic amines is 2. The molecule has 30 nitrogen and oxygen atoms in total. The van der Waals surface area contributed by atoms with E-state index in [0.29, 0.717) is 50.2 Å². The van der Waals surface area contributed by atoms with Gasteiger partial charge < -0.3 is 80.5 Å². The van der Waals surface area contributed by atoms with Crippen LogP contribution in [0.1, 0.15) is 154 Å². The fourth-order valence-electron chi connectivity index (χ4n) is 11.9. The van der Waals surface area contributed by atoms with Crippen LogP contribution < -0.4 is 49.0 Å².